The minimum absolute atomic E-state index is 0.315. The molecule has 0 saturated carbocycles. The van der Waals surface area contributed by atoms with Crippen LogP contribution < -0.4 is 5.32 Å². The second kappa shape index (κ2) is 6.44. The lowest BCUT2D eigenvalue weighted by Crippen LogP contribution is -2.50. The number of carbonyl (C=O) groups is 2. The van der Waals surface area contributed by atoms with Gasteiger partial charge in [0.2, 0.25) is 0 Å². The monoisotopic (exact) mass is 247 g/mol. The molecular formula is C11H21NO5. The molecule has 0 aliphatic rings. The zero-order valence-corrected chi connectivity index (χ0v) is 10.9. The first-order valence-electron chi connectivity index (χ1n) is 5.46. The maximum atomic E-state index is 11.5. The fraction of sp³-hybridized carbons (Fsp3) is 0.818. The van der Waals surface area contributed by atoms with Crippen molar-refractivity contribution in [1.82, 2.24) is 5.32 Å². The number of rotatable bonds is 4. The highest BCUT2D eigenvalue weighted by atomic mass is 16.6. The lowest BCUT2D eigenvalue weighted by molar-refractivity contribution is -0.146. The third-order valence-electron chi connectivity index (χ3n) is 1.93. The lowest BCUT2D eigenvalue weighted by Gasteiger charge is -2.24. The number of aliphatic hydroxyl groups excluding tert-OH is 1. The zero-order chi connectivity index (χ0) is 13.6. The van der Waals surface area contributed by atoms with E-state index in [1.165, 1.54) is 7.11 Å². The Morgan fingerprint density at radius 1 is 1.35 bits per heavy atom. The van der Waals surface area contributed by atoms with E-state index < -0.39 is 29.8 Å². The van der Waals surface area contributed by atoms with Gasteiger partial charge in [-0.3, -0.25) is 0 Å². The highest BCUT2D eigenvalue weighted by Crippen LogP contribution is 2.08. The van der Waals surface area contributed by atoms with Gasteiger partial charge in [-0.15, -0.1) is 0 Å². The van der Waals surface area contributed by atoms with Crippen molar-refractivity contribution in [3.05, 3.63) is 0 Å². The van der Waals surface area contributed by atoms with Crippen LogP contribution in [0.1, 0.15) is 34.1 Å². The van der Waals surface area contributed by atoms with E-state index in [0.717, 1.165) is 0 Å². The number of amides is 1. The van der Waals surface area contributed by atoms with Gasteiger partial charge in [-0.2, -0.15) is 0 Å². The van der Waals surface area contributed by atoms with Crippen LogP contribution in [-0.4, -0.2) is 42.0 Å². The van der Waals surface area contributed by atoms with Crippen LogP contribution in [0.3, 0.4) is 0 Å². The van der Waals surface area contributed by atoms with Gasteiger partial charge >= 0.3 is 12.1 Å². The molecule has 1 amide bonds. The second-order valence-electron chi connectivity index (χ2n) is 4.62. The Kier molecular flexibility index (Phi) is 5.95. The van der Waals surface area contributed by atoms with Crippen LogP contribution in [0.5, 0.6) is 0 Å². The molecular weight excluding hydrogens is 226 g/mol. The van der Waals surface area contributed by atoms with Crippen molar-refractivity contribution in [2.75, 3.05) is 7.11 Å². The molecule has 0 bridgehead atoms. The molecule has 0 aromatic heterocycles. The molecule has 0 radical (unpaired) electrons. The van der Waals surface area contributed by atoms with Gasteiger partial charge in [0.05, 0.1) is 13.2 Å². The third-order valence-corrected chi connectivity index (χ3v) is 1.93. The molecule has 17 heavy (non-hydrogen) atoms. The number of nitrogens with one attached hydrogen (secondary N) is 1. The minimum Gasteiger partial charge on any atom is -0.467 e. The van der Waals surface area contributed by atoms with Gasteiger partial charge < -0.3 is 19.9 Å². The molecule has 6 nitrogen and oxygen atoms in total. The van der Waals surface area contributed by atoms with Gasteiger partial charge in [-0.25, -0.2) is 9.59 Å². The summed E-state index contributed by atoms with van der Waals surface area (Å²) in [6, 6.07) is -1.11. The molecule has 6 heteroatoms. The van der Waals surface area contributed by atoms with E-state index in [1.54, 1.807) is 27.7 Å². The molecule has 2 atom stereocenters. The molecule has 0 aromatic rings. The fourth-order valence-electron chi connectivity index (χ4n) is 1.11. The van der Waals surface area contributed by atoms with Crippen LogP contribution in [0.15, 0.2) is 0 Å². The maximum absolute atomic E-state index is 11.5. The normalized spacial score (nSPS) is 14.7. The molecule has 0 fully saturated rings. The van der Waals surface area contributed by atoms with Crippen molar-refractivity contribution in [2.45, 2.75) is 51.9 Å². The molecule has 0 aliphatic heterocycles. The number of hydrogen-bond acceptors (Lipinski definition) is 5. The number of methoxy groups -OCH3 is 1. The van der Waals surface area contributed by atoms with Crippen LogP contribution in [0.4, 0.5) is 4.79 Å². The average molecular weight is 247 g/mol. The van der Waals surface area contributed by atoms with E-state index in [0.29, 0.717) is 6.42 Å². The van der Waals surface area contributed by atoms with E-state index >= 15 is 0 Å². The maximum Gasteiger partial charge on any atom is 0.408 e. The summed E-state index contributed by atoms with van der Waals surface area (Å²) >= 11 is 0. The van der Waals surface area contributed by atoms with Crippen LogP contribution in [0, 0.1) is 0 Å². The van der Waals surface area contributed by atoms with Crippen molar-refractivity contribution in [3.63, 3.8) is 0 Å². The Morgan fingerprint density at radius 3 is 2.24 bits per heavy atom. The first-order chi connectivity index (χ1) is 7.71. The number of ether oxygens (including phenoxy) is 2. The Bertz CT molecular complexity index is 272. The van der Waals surface area contributed by atoms with Crippen molar-refractivity contribution in [2.24, 2.45) is 0 Å². The Labute approximate surface area is 101 Å². The van der Waals surface area contributed by atoms with Crippen molar-refractivity contribution in [3.8, 4) is 0 Å². The molecule has 0 unspecified atom stereocenters. The number of alkyl carbamates (subject to hydrolysis) is 1. The van der Waals surface area contributed by atoms with Gasteiger partial charge in [0.1, 0.15) is 5.60 Å². The molecule has 0 rings (SSSR count). The topological polar surface area (TPSA) is 84.9 Å². The lowest BCUT2D eigenvalue weighted by atomic mass is 10.1. The first kappa shape index (κ1) is 15.7. The summed E-state index contributed by atoms with van der Waals surface area (Å²) in [6.07, 6.45) is -1.45. The fourth-order valence-corrected chi connectivity index (χ4v) is 1.11. The molecule has 0 saturated heterocycles. The van der Waals surface area contributed by atoms with Crippen molar-refractivity contribution >= 4 is 12.1 Å². The number of esters is 1. The quantitative estimate of drug-likeness (QED) is 0.718. The Morgan fingerprint density at radius 2 is 1.88 bits per heavy atom. The summed E-state index contributed by atoms with van der Waals surface area (Å²) in [5, 5.41) is 11.9. The second-order valence-corrected chi connectivity index (χ2v) is 4.62. The average Bonchev–Trinajstić information content (AvgIpc) is 2.21. The molecule has 100 valence electrons. The number of hydrogen-bond donors (Lipinski definition) is 2. The molecule has 2 N–H and O–H groups in total. The predicted molar refractivity (Wildman–Crippen MR) is 61.5 cm³/mol. The highest BCUT2D eigenvalue weighted by Gasteiger charge is 2.30. The predicted octanol–water partition coefficient (Wildman–Crippen LogP) is 0.824. The molecule has 0 aromatic carbocycles. The van der Waals surface area contributed by atoms with Crippen LogP contribution in [0.2, 0.25) is 0 Å². The summed E-state index contributed by atoms with van der Waals surface area (Å²) < 4.78 is 9.49. The van der Waals surface area contributed by atoms with E-state index in [4.69, 9.17) is 4.74 Å². The van der Waals surface area contributed by atoms with Crippen molar-refractivity contribution in [1.29, 1.82) is 0 Å². The standard InChI is InChI=1S/C11H21NO5/c1-6-7(13)8(9(14)16-5)12-10(15)17-11(2,3)4/h7-8,13H,6H2,1-5H3,(H,12,15)/t7-,8-/m0/s1. The number of carbonyl (C=O) groups excluding carboxylic acids is 2. The van der Waals surface area contributed by atoms with Gasteiger partial charge in [-0.05, 0) is 27.2 Å². The Balaban J connectivity index is 4.54. The third kappa shape index (κ3) is 6.11. The summed E-state index contributed by atoms with van der Waals surface area (Å²) in [7, 11) is 1.19. The van der Waals surface area contributed by atoms with E-state index in [9.17, 15) is 14.7 Å². The highest BCUT2D eigenvalue weighted by molar-refractivity contribution is 5.81. The summed E-state index contributed by atoms with van der Waals surface area (Å²) in [5.74, 6) is -0.704. The molecule has 0 heterocycles. The van der Waals surface area contributed by atoms with Gasteiger partial charge in [0.15, 0.2) is 6.04 Å². The largest absolute Gasteiger partial charge is 0.467 e. The Hall–Kier alpha value is -1.30. The van der Waals surface area contributed by atoms with E-state index in [-0.39, 0.29) is 0 Å². The SMILES string of the molecule is CC[C@H](O)[C@H](NC(=O)OC(C)(C)C)C(=O)OC. The first-order valence-corrected chi connectivity index (χ1v) is 5.46. The zero-order valence-electron chi connectivity index (χ0n) is 10.9. The van der Waals surface area contributed by atoms with Gasteiger partial charge in [0.25, 0.3) is 0 Å². The van der Waals surface area contributed by atoms with Gasteiger partial charge in [-0.1, -0.05) is 6.92 Å². The van der Waals surface area contributed by atoms with Crippen LogP contribution in [0.25, 0.3) is 0 Å². The van der Waals surface area contributed by atoms with Gasteiger partial charge in [0, 0.05) is 0 Å². The smallest absolute Gasteiger partial charge is 0.408 e. The van der Waals surface area contributed by atoms with E-state index in [2.05, 4.69) is 10.1 Å². The summed E-state index contributed by atoms with van der Waals surface area (Å²) in [4.78, 5) is 22.8. The summed E-state index contributed by atoms with van der Waals surface area (Å²) in [6.45, 7) is 6.80. The molecule has 0 aliphatic carbocycles. The molecule has 0 spiro atoms. The van der Waals surface area contributed by atoms with Crippen LogP contribution in [-0.2, 0) is 14.3 Å². The van der Waals surface area contributed by atoms with Crippen LogP contribution >= 0.6 is 0 Å². The summed E-state index contributed by atoms with van der Waals surface area (Å²) in [5.41, 5.74) is -0.665. The van der Waals surface area contributed by atoms with Crippen molar-refractivity contribution < 1.29 is 24.2 Å². The van der Waals surface area contributed by atoms with E-state index in [1.807, 2.05) is 0 Å². The minimum atomic E-state index is -1.11. The number of aliphatic hydroxyl groups is 1.